The van der Waals surface area contributed by atoms with E-state index in [4.69, 9.17) is 0 Å². The third-order valence-corrected chi connectivity index (χ3v) is 4.84. The number of benzene rings is 1. The van der Waals surface area contributed by atoms with E-state index in [2.05, 4.69) is 10.6 Å². The van der Waals surface area contributed by atoms with Crippen LogP contribution < -0.4 is 10.6 Å². The van der Waals surface area contributed by atoms with Crippen LogP contribution in [0.15, 0.2) is 23.1 Å². The Bertz CT molecular complexity index is 566. The fourth-order valence-corrected chi connectivity index (χ4v) is 3.67. The van der Waals surface area contributed by atoms with Gasteiger partial charge in [-0.2, -0.15) is 0 Å². The molecule has 1 heterocycles. The summed E-state index contributed by atoms with van der Waals surface area (Å²) in [5, 5.41) is 4.29. The highest BCUT2D eigenvalue weighted by molar-refractivity contribution is 7.93. The number of carbonyl (C=O) groups excluding carboxylic acids is 1. The van der Waals surface area contributed by atoms with Gasteiger partial charge in [0, 0.05) is 6.54 Å². The fourth-order valence-electron chi connectivity index (χ4n) is 1.86. The van der Waals surface area contributed by atoms with E-state index >= 15 is 0 Å². The highest BCUT2D eigenvalue weighted by atomic mass is 32.2. The zero-order chi connectivity index (χ0) is 12.6. The Morgan fingerprint density at radius 1 is 1.41 bits per heavy atom. The minimum Gasteiger partial charge on any atom is -0.324 e. The molecule has 2 rings (SSSR count). The van der Waals surface area contributed by atoms with Crippen LogP contribution in [0.25, 0.3) is 0 Å². The first kappa shape index (κ1) is 12.1. The Balaban J connectivity index is 2.59. The Morgan fingerprint density at radius 3 is 2.76 bits per heavy atom. The summed E-state index contributed by atoms with van der Waals surface area (Å²) in [6.07, 6.45) is 0. The van der Waals surface area contributed by atoms with Crippen molar-refractivity contribution in [1.29, 1.82) is 0 Å². The number of rotatable bonds is 2. The van der Waals surface area contributed by atoms with E-state index in [1.807, 2.05) is 6.92 Å². The molecular weight excluding hydrogens is 240 g/mol. The van der Waals surface area contributed by atoms with E-state index < -0.39 is 21.0 Å². The number of hydrogen-bond donors (Lipinski definition) is 2. The van der Waals surface area contributed by atoms with Gasteiger partial charge in [-0.1, -0.05) is 6.07 Å². The summed E-state index contributed by atoms with van der Waals surface area (Å²) in [5.41, 5.74) is 1.22. The normalized spacial score (nSPS) is 21.8. The molecule has 0 spiro atoms. The molecule has 6 heteroatoms. The largest absolute Gasteiger partial charge is 0.324 e. The van der Waals surface area contributed by atoms with Crippen LogP contribution >= 0.6 is 0 Å². The lowest BCUT2D eigenvalue weighted by Gasteiger charge is -2.24. The summed E-state index contributed by atoms with van der Waals surface area (Å²) in [7, 11) is -1.97. The van der Waals surface area contributed by atoms with Gasteiger partial charge in [0.15, 0.2) is 15.1 Å². The van der Waals surface area contributed by atoms with Crippen LogP contribution in [0.3, 0.4) is 0 Å². The van der Waals surface area contributed by atoms with Crippen LogP contribution in [0.5, 0.6) is 0 Å². The molecule has 1 atom stereocenters. The quantitative estimate of drug-likeness (QED) is 0.796. The monoisotopic (exact) mass is 254 g/mol. The van der Waals surface area contributed by atoms with Gasteiger partial charge in [0.05, 0.1) is 10.6 Å². The smallest absolute Gasteiger partial charge is 0.244 e. The Morgan fingerprint density at radius 2 is 2.12 bits per heavy atom. The van der Waals surface area contributed by atoms with Crippen LogP contribution in [0.2, 0.25) is 0 Å². The molecular formula is C11H14N2O3S. The molecule has 1 amide bonds. The average molecular weight is 254 g/mol. The molecule has 0 aromatic heterocycles. The zero-order valence-corrected chi connectivity index (χ0v) is 10.5. The first-order valence-electron chi connectivity index (χ1n) is 5.27. The molecule has 1 unspecified atom stereocenters. The van der Waals surface area contributed by atoms with Crippen molar-refractivity contribution >= 4 is 21.4 Å². The molecule has 0 bridgehead atoms. The van der Waals surface area contributed by atoms with Crippen LogP contribution in [-0.2, 0) is 14.6 Å². The Kier molecular flexibility index (Phi) is 2.92. The average Bonchev–Trinajstić information content (AvgIpc) is 2.26. The molecule has 2 N–H and O–H groups in total. The molecule has 1 aliphatic rings. The highest BCUT2D eigenvalue weighted by Crippen LogP contribution is 2.30. The van der Waals surface area contributed by atoms with Crippen molar-refractivity contribution in [1.82, 2.24) is 5.32 Å². The summed E-state index contributed by atoms with van der Waals surface area (Å²) in [5.74, 6) is -0.476. The number of amides is 1. The number of anilines is 1. The van der Waals surface area contributed by atoms with E-state index in [0.717, 1.165) is 5.56 Å². The van der Waals surface area contributed by atoms with Gasteiger partial charge in [0.1, 0.15) is 0 Å². The van der Waals surface area contributed by atoms with E-state index in [9.17, 15) is 13.2 Å². The number of carbonyl (C=O) groups is 1. The van der Waals surface area contributed by atoms with Crippen LogP contribution in [0, 0.1) is 6.92 Å². The molecule has 1 aromatic rings. The number of hydrogen-bond acceptors (Lipinski definition) is 4. The van der Waals surface area contributed by atoms with Crippen molar-refractivity contribution in [3.05, 3.63) is 23.8 Å². The second kappa shape index (κ2) is 4.12. The predicted molar refractivity (Wildman–Crippen MR) is 64.7 cm³/mol. The maximum absolute atomic E-state index is 12.3. The summed E-state index contributed by atoms with van der Waals surface area (Å²) >= 11 is 0. The van der Waals surface area contributed by atoms with Gasteiger partial charge in [0.2, 0.25) is 5.91 Å². The second-order valence-electron chi connectivity index (χ2n) is 4.08. The Labute approximate surface area is 100 Å². The molecule has 5 nitrogen and oxygen atoms in total. The fraction of sp³-hybridized carbons (Fsp3) is 0.364. The zero-order valence-electron chi connectivity index (χ0n) is 9.65. The lowest BCUT2D eigenvalue weighted by atomic mass is 10.2. The molecule has 17 heavy (non-hydrogen) atoms. The van der Waals surface area contributed by atoms with E-state index in [0.29, 0.717) is 5.69 Å². The SMILES string of the molecule is CNCC1C(=O)Nc2ccc(C)cc2S1(=O)=O. The molecule has 0 aliphatic carbocycles. The van der Waals surface area contributed by atoms with Crippen molar-refractivity contribution in [2.24, 2.45) is 0 Å². The molecule has 0 radical (unpaired) electrons. The minimum absolute atomic E-state index is 0.113. The molecule has 92 valence electrons. The minimum atomic E-state index is -3.59. The van der Waals surface area contributed by atoms with E-state index in [-0.39, 0.29) is 11.4 Å². The van der Waals surface area contributed by atoms with E-state index in [1.165, 1.54) is 0 Å². The predicted octanol–water partition coefficient (Wildman–Crippen LogP) is 0.309. The Hall–Kier alpha value is -1.40. The maximum atomic E-state index is 12.3. The third kappa shape index (κ3) is 1.94. The van der Waals surface area contributed by atoms with Crippen LogP contribution in [0.4, 0.5) is 5.69 Å². The van der Waals surface area contributed by atoms with Crippen LogP contribution in [-0.4, -0.2) is 33.2 Å². The molecule has 1 aromatic carbocycles. The summed E-state index contributed by atoms with van der Waals surface area (Å²) < 4.78 is 24.5. The van der Waals surface area contributed by atoms with Gasteiger partial charge in [0.25, 0.3) is 0 Å². The van der Waals surface area contributed by atoms with Crippen LogP contribution in [0.1, 0.15) is 5.56 Å². The number of aryl methyl sites for hydroxylation is 1. The number of fused-ring (bicyclic) bond motifs is 1. The second-order valence-corrected chi connectivity index (χ2v) is 6.18. The van der Waals surface area contributed by atoms with Crippen molar-refractivity contribution in [2.45, 2.75) is 17.1 Å². The van der Waals surface area contributed by atoms with Crippen molar-refractivity contribution in [2.75, 3.05) is 18.9 Å². The highest BCUT2D eigenvalue weighted by Gasteiger charge is 2.39. The standard InChI is InChI=1S/C11H14N2O3S/c1-7-3-4-8-9(5-7)17(15,16)10(6-12-2)11(14)13-8/h3-5,10,12H,6H2,1-2H3,(H,13,14). The lowest BCUT2D eigenvalue weighted by molar-refractivity contribution is -0.115. The van der Waals surface area contributed by atoms with Gasteiger partial charge in [-0.15, -0.1) is 0 Å². The van der Waals surface area contributed by atoms with Gasteiger partial charge >= 0.3 is 0 Å². The van der Waals surface area contributed by atoms with Crippen molar-refractivity contribution in [3.8, 4) is 0 Å². The number of sulfone groups is 1. The lowest BCUT2D eigenvalue weighted by Crippen LogP contribution is -2.45. The van der Waals surface area contributed by atoms with Gasteiger partial charge in [-0.3, -0.25) is 4.79 Å². The summed E-state index contributed by atoms with van der Waals surface area (Å²) in [6, 6.07) is 4.98. The molecule has 1 aliphatic heterocycles. The summed E-state index contributed by atoms with van der Waals surface area (Å²) in [4.78, 5) is 11.9. The first-order chi connectivity index (χ1) is 7.96. The van der Waals surface area contributed by atoms with Gasteiger partial charge < -0.3 is 10.6 Å². The van der Waals surface area contributed by atoms with Crippen molar-refractivity contribution in [3.63, 3.8) is 0 Å². The molecule has 0 fully saturated rings. The van der Waals surface area contributed by atoms with Crippen molar-refractivity contribution < 1.29 is 13.2 Å². The maximum Gasteiger partial charge on any atom is 0.244 e. The topological polar surface area (TPSA) is 75.3 Å². The van der Waals surface area contributed by atoms with Gasteiger partial charge in [-0.25, -0.2) is 8.42 Å². The summed E-state index contributed by atoms with van der Waals surface area (Å²) in [6.45, 7) is 1.93. The molecule has 0 saturated carbocycles. The first-order valence-corrected chi connectivity index (χ1v) is 6.81. The number of nitrogens with one attached hydrogen (secondary N) is 2. The third-order valence-electron chi connectivity index (χ3n) is 2.76. The van der Waals surface area contributed by atoms with Gasteiger partial charge in [-0.05, 0) is 31.7 Å². The molecule has 0 saturated heterocycles. The van der Waals surface area contributed by atoms with E-state index in [1.54, 1.807) is 25.2 Å².